The Balaban J connectivity index is 1.48. The highest BCUT2D eigenvalue weighted by Gasteiger charge is 2.32. The molecule has 1 saturated heterocycles. The highest BCUT2D eigenvalue weighted by atomic mass is 32.2. The Labute approximate surface area is 233 Å². The van der Waals surface area contributed by atoms with Crippen molar-refractivity contribution in [2.24, 2.45) is 0 Å². The van der Waals surface area contributed by atoms with Crippen LogP contribution in [-0.2, 0) is 11.2 Å². The lowest BCUT2D eigenvalue weighted by atomic mass is 10.0. The average Bonchev–Trinajstić information content (AvgIpc) is 3.45. The van der Waals surface area contributed by atoms with Crippen molar-refractivity contribution in [2.75, 3.05) is 6.54 Å². The van der Waals surface area contributed by atoms with E-state index in [9.17, 15) is 4.79 Å². The number of carbonyl (C=O) groups is 1. The molecule has 0 unspecified atom stereocenters. The molecule has 0 atom stereocenters. The van der Waals surface area contributed by atoms with Crippen LogP contribution in [0.1, 0.15) is 30.5 Å². The molecule has 7 heteroatoms. The highest BCUT2D eigenvalue weighted by Crippen LogP contribution is 2.36. The fraction of sp³-hybridized carbons (Fsp3) is 0.194. The molecule has 1 aliphatic heterocycles. The number of hydrogen-bond donors (Lipinski definition) is 0. The molecule has 192 valence electrons. The fourth-order valence-corrected chi connectivity index (χ4v) is 5.63. The number of hydrogen-bond acceptors (Lipinski definition) is 5. The molecule has 0 N–H and O–H groups in total. The summed E-state index contributed by atoms with van der Waals surface area (Å²) in [7, 11) is 0. The zero-order valence-corrected chi connectivity index (χ0v) is 23.3. The van der Waals surface area contributed by atoms with Crippen LogP contribution >= 0.6 is 24.0 Å². The molecule has 5 rings (SSSR count). The van der Waals surface area contributed by atoms with Crippen LogP contribution in [0.25, 0.3) is 23.0 Å². The number of aromatic nitrogens is 2. The van der Waals surface area contributed by atoms with E-state index < -0.39 is 0 Å². The third kappa shape index (κ3) is 5.74. The van der Waals surface area contributed by atoms with Crippen molar-refractivity contribution in [3.63, 3.8) is 0 Å². The summed E-state index contributed by atoms with van der Waals surface area (Å²) >= 11 is 6.94. The topological polar surface area (TPSA) is 47.4 Å². The maximum atomic E-state index is 13.4. The fourth-order valence-electron chi connectivity index (χ4n) is 4.33. The van der Waals surface area contributed by atoms with Gasteiger partial charge in [-0.3, -0.25) is 9.69 Å². The van der Waals surface area contributed by atoms with E-state index in [0.717, 1.165) is 40.2 Å². The van der Waals surface area contributed by atoms with E-state index in [0.29, 0.717) is 15.8 Å². The van der Waals surface area contributed by atoms with Crippen LogP contribution in [0.2, 0.25) is 0 Å². The molecule has 5 nitrogen and oxygen atoms in total. The number of amides is 1. The monoisotopic (exact) mass is 539 g/mol. The van der Waals surface area contributed by atoms with Crippen molar-refractivity contribution >= 4 is 40.3 Å². The van der Waals surface area contributed by atoms with E-state index >= 15 is 0 Å². The van der Waals surface area contributed by atoms with Crippen LogP contribution in [-0.4, -0.2) is 37.6 Å². The minimum absolute atomic E-state index is 0.0637. The van der Waals surface area contributed by atoms with Gasteiger partial charge in [0.05, 0.1) is 16.7 Å². The molecule has 1 fully saturated rings. The first-order chi connectivity index (χ1) is 18.4. The summed E-state index contributed by atoms with van der Waals surface area (Å²) < 4.78 is 8.37. The van der Waals surface area contributed by atoms with Crippen LogP contribution in [0, 0.1) is 6.92 Å². The molecule has 1 amide bonds. The number of rotatable bonds is 8. The molecule has 0 radical (unpaired) electrons. The zero-order valence-electron chi connectivity index (χ0n) is 21.6. The number of aryl methyl sites for hydroxylation is 1. The second kappa shape index (κ2) is 11.4. The van der Waals surface area contributed by atoms with Gasteiger partial charge in [-0.25, -0.2) is 4.68 Å². The number of thiocarbonyl (C=S) groups is 1. The number of para-hydroxylation sites is 1. The molecular formula is C31H29N3O2S2. The van der Waals surface area contributed by atoms with Crippen molar-refractivity contribution in [1.82, 2.24) is 14.7 Å². The summed E-state index contributed by atoms with van der Waals surface area (Å²) in [5.41, 5.74) is 5.76. The lowest BCUT2D eigenvalue weighted by Gasteiger charge is -2.14. The summed E-state index contributed by atoms with van der Waals surface area (Å²) in [5.74, 6) is 0.790. The normalized spacial score (nSPS) is 14.6. The van der Waals surface area contributed by atoms with Crippen LogP contribution < -0.4 is 4.74 Å². The Kier molecular flexibility index (Phi) is 7.77. The van der Waals surface area contributed by atoms with Gasteiger partial charge in [0.15, 0.2) is 0 Å². The first kappa shape index (κ1) is 25.9. The predicted molar refractivity (Wildman–Crippen MR) is 160 cm³/mol. The van der Waals surface area contributed by atoms with Crippen molar-refractivity contribution in [3.8, 4) is 22.7 Å². The van der Waals surface area contributed by atoms with Crippen LogP contribution in [0.4, 0.5) is 0 Å². The lowest BCUT2D eigenvalue weighted by Crippen LogP contribution is -2.30. The summed E-state index contributed by atoms with van der Waals surface area (Å²) in [5, 5.41) is 4.93. The predicted octanol–water partition coefficient (Wildman–Crippen LogP) is 7.08. The van der Waals surface area contributed by atoms with Gasteiger partial charge in [-0.15, -0.1) is 0 Å². The van der Waals surface area contributed by atoms with Crippen molar-refractivity contribution in [2.45, 2.75) is 33.3 Å². The van der Waals surface area contributed by atoms with Crippen molar-refractivity contribution < 1.29 is 9.53 Å². The minimum atomic E-state index is -0.0637. The van der Waals surface area contributed by atoms with Gasteiger partial charge in [0.2, 0.25) is 0 Å². The van der Waals surface area contributed by atoms with Crippen molar-refractivity contribution in [3.05, 3.63) is 107 Å². The van der Waals surface area contributed by atoms with E-state index in [4.69, 9.17) is 22.1 Å². The molecule has 0 saturated carbocycles. The molecule has 4 aromatic rings. The summed E-state index contributed by atoms with van der Waals surface area (Å²) in [6.07, 6.45) is 4.73. The second-order valence-corrected chi connectivity index (χ2v) is 11.1. The van der Waals surface area contributed by atoms with E-state index in [1.54, 1.807) is 4.90 Å². The van der Waals surface area contributed by atoms with Gasteiger partial charge in [-0.1, -0.05) is 72.5 Å². The maximum Gasteiger partial charge on any atom is 0.266 e. The van der Waals surface area contributed by atoms with E-state index in [1.165, 1.54) is 17.3 Å². The third-order valence-corrected chi connectivity index (χ3v) is 7.58. The number of nitrogens with zero attached hydrogens (tertiary/aromatic N) is 3. The summed E-state index contributed by atoms with van der Waals surface area (Å²) in [4.78, 5) is 15.7. The average molecular weight is 540 g/mol. The lowest BCUT2D eigenvalue weighted by molar-refractivity contribution is -0.122. The van der Waals surface area contributed by atoms with Crippen molar-refractivity contribution in [1.29, 1.82) is 0 Å². The molecule has 3 aromatic carbocycles. The Bertz CT molecular complexity index is 1490. The molecule has 0 spiro atoms. The standard InChI is InChI=1S/C31H29N3O2S2/c1-21(2)36-27-15-14-24(18-22(27)3)29-25(20-34(32-29)26-12-8-5-9-13-26)19-28-30(35)33(31(37)38-28)17-16-23-10-6-4-7-11-23/h4-15,18-21H,16-17H2,1-3H3. The van der Waals surface area contributed by atoms with Gasteiger partial charge < -0.3 is 4.74 Å². The maximum absolute atomic E-state index is 13.4. The number of carbonyl (C=O) groups excluding carboxylic acids is 1. The van der Waals surface area contributed by atoms with Crippen LogP contribution in [0.3, 0.4) is 0 Å². The molecular weight excluding hydrogens is 510 g/mol. The SMILES string of the molecule is Cc1cc(-c2nn(-c3ccccc3)cc2C=C2SC(=S)N(CCc3ccccc3)C2=O)ccc1OC(C)C. The van der Waals surface area contributed by atoms with E-state index in [2.05, 4.69) is 18.2 Å². The highest BCUT2D eigenvalue weighted by molar-refractivity contribution is 8.26. The molecule has 1 aliphatic rings. The van der Waals surface area contributed by atoms with Gasteiger partial charge in [0, 0.05) is 23.9 Å². The summed E-state index contributed by atoms with van der Waals surface area (Å²) in [6.45, 7) is 6.62. The number of benzene rings is 3. The molecule has 0 aliphatic carbocycles. The van der Waals surface area contributed by atoms with Crippen LogP contribution in [0.5, 0.6) is 5.75 Å². The van der Waals surface area contributed by atoms with E-state index in [1.807, 2.05) is 98.4 Å². The first-order valence-electron chi connectivity index (χ1n) is 12.6. The molecule has 2 heterocycles. The Morgan fingerprint density at radius 1 is 1.03 bits per heavy atom. The molecule has 0 bridgehead atoms. The molecule has 1 aromatic heterocycles. The Morgan fingerprint density at radius 2 is 1.74 bits per heavy atom. The summed E-state index contributed by atoms with van der Waals surface area (Å²) in [6, 6.07) is 26.2. The number of thioether (sulfide) groups is 1. The second-order valence-electron chi connectivity index (χ2n) is 9.43. The Hall–Kier alpha value is -3.68. The van der Waals surface area contributed by atoms with Gasteiger partial charge >= 0.3 is 0 Å². The van der Waals surface area contributed by atoms with Gasteiger partial charge in [-0.2, -0.15) is 5.10 Å². The van der Waals surface area contributed by atoms with Crippen LogP contribution in [0.15, 0.2) is 90.0 Å². The van der Waals surface area contributed by atoms with Gasteiger partial charge in [0.25, 0.3) is 5.91 Å². The minimum Gasteiger partial charge on any atom is -0.491 e. The smallest absolute Gasteiger partial charge is 0.266 e. The third-order valence-electron chi connectivity index (χ3n) is 6.20. The molecule has 38 heavy (non-hydrogen) atoms. The quantitative estimate of drug-likeness (QED) is 0.177. The Morgan fingerprint density at radius 3 is 2.42 bits per heavy atom. The number of ether oxygens (including phenoxy) is 1. The van der Waals surface area contributed by atoms with E-state index in [-0.39, 0.29) is 12.0 Å². The zero-order chi connectivity index (χ0) is 26.6. The largest absolute Gasteiger partial charge is 0.491 e. The van der Waals surface area contributed by atoms with Gasteiger partial charge in [0.1, 0.15) is 15.8 Å². The van der Waals surface area contributed by atoms with Gasteiger partial charge in [-0.05, 0) is 74.7 Å². The first-order valence-corrected chi connectivity index (χ1v) is 13.8.